The lowest BCUT2D eigenvalue weighted by atomic mass is 9.93. The zero-order valence-corrected chi connectivity index (χ0v) is 14.0. The molecule has 2 aromatic rings. The number of nitrogens with one attached hydrogen (secondary N) is 3. The van der Waals surface area contributed by atoms with E-state index in [2.05, 4.69) is 44.8 Å². The number of benzene rings is 1. The van der Waals surface area contributed by atoms with Gasteiger partial charge in [-0.15, -0.1) is 0 Å². The second kappa shape index (κ2) is 7.49. The summed E-state index contributed by atoms with van der Waals surface area (Å²) in [4.78, 5) is 28.8. The monoisotopic (exact) mass is 328 g/mol. The van der Waals surface area contributed by atoms with E-state index < -0.39 is 6.03 Å². The summed E-state index contributed by atoms with van der Waals surface area (Å²) in [7, 11) is 0. The summed E-state index contributed by atoms with van der Waals surface area (Å²) < 4.78 is 0. The van der Waals surface area contributed by atoms with Gasteiger partial charge in [0.2, 0.25) is 5.91 Å². The summed E-state index contributed by atoms with van der Waals surface area (Å²) in [6, 6.07) is 10.1. The molecular formula is C18H24N4O2. The van der Waals surface area contributed by atoms with Gasteiger partial charge in [-0.25, -0.2) is 4.79 Å². The lowest BCUT2D eigenvalue weighted by Crippen LogP contribution is -2.46. The van der Waals surface area contributed by atoms with Crippen molar-refractivity contribution < 1.29 is 9.59 Å². The zero-order chi connectivity index (χ0) is 16.9. The molecule has 128 valence electrons. The van der Waals surface area contributed by atoms with Gasteiger partial charge in [-0.2, -0.15) is 0 Å². The number of rotatable bonds is 4. The van der Waals surface area contributed by atoms with E-state index >= 15 is 0 Å². The number of nitrogens with zero attached hydrogens (tertiary/aromatic N) is 1. The van der Waals surface area contributed by atoms with Crippen molar-refractivity contribution in [2.24, 2.45) is 0 Å². The summed E-state index contributed by atoms with van der Waals surface area (Å²) in [5, 5.41) is 6.16. The summed E-state index contributed by atoms with van der Waals surface area (Å²) in [5.74, 6) is 0.255. The molecule has 0 bridgehead atoms. The number of likely N-dealkylation sites (tertiary alicyclic amines) is 1. The Morgan fingerprint density at radius 3 is 2.71 bits per heavy atom. The van der Waals surface area contributed by atoms with Gasteiger partial charge in [0, 0.05) is 23.7 Å². The van der Waals surface area contributed by atoms with Gasteiger partial charge < -0.3 is 10.3 Å². The van der Waals surface area contributed by atoms with Crippen molar-refractivity contribution in [3.8, 4) is 0 Å². The Bertz CT molecular complexity index is 684. The Labute approximate surface area is 141 Å². The second-order valence-corrected chi connectivity index (χ2v) is 6.27. The minimum atomic E-state index is -0.421. The van der Waals surface area contributed by atoms with Crippen LogP contribution in [0.25, 0.3) is 10.9 Å². The molecule has 0 spiro atoms. The van der Waals surface area contributed by atoms with Crippen LogP contribution in [-0.2, 0) is 4.79 Å². The fourth-order valence-corrected chi connectivity index (χ4v) is 3.29. The lowest BCUT2D eigenvalue weighted by molar-refractivity contribution is -0.121. The van der Waals surface area contributed by atoms with Gasteiger partial charge in [0.25, 0.3) is 0 Å². The van der Waals surface area contributed by atoms with E-state index in [1.807, 2.05) is 13.0 Å². The predicted octanol–water partition coefficient (Wildman–Crippen LogP) is 2.19. The minimum Gasteiger partial charge on any atom is -0.358 e. The van der Waals surface area contributed by atoms with Crippen LogP contribution in [0.15, 0.2) is 30.3 Å². The number of piperidine rings is 1. The topological polar surface area (TPSA) is 77.2 Å². The Morgan fingerprint density at radius 1 is 1.25 bits per heavy atom. The number of carbonyl (C=O) groups excluding carboxylic acids is 2. The Hall–Kier alpha value is -2.34. The number of hydrogen-bond donors (Lipinski definition) is 3. The van der Waals surface area contributed by atoms with Crippen molar-refractivity contribution in [1.82, 2.24) is 20.5 Å². The first-order valence-electron chi connectivity index (χ1n) is 8.53. The van der Waals surface area contributed by atoms with E-state index in [1.165, 1.54) is 16.6 Å². The van der Waals surface area contributed by atoms with Crippen LogP contribution in [0.4, 0.5) is 4.79 Å². The molecular weight excluding hydrogens is 304 g/mol. The molecule has 1 aliphatic rings. The van der Waals surface area contributed by atoms with E-state index in [9.17, 15) is 9.59 Å². The fraction of sp³-hybridized carbons (Fsp3) is 0.444. The van der Waals surface area contributed by atoms with Crippen LogP contribution in [0.5, 0.6) is 0 Å². The fourth-order valence-electron chi connectivity index (χ4n) is 3.29. The maximum Gasteiger partial charge on any atom is 0.321 e. The number of hydrogen-bond acceptors (Lipinski definition) is 3. The summed E-state index contributed by atoms with van der Waals surface area (Å²) in [6.07, 6.45) is 2.03. The van der Waals surface area contributed by atoms with Crippen LogP contribution in [-0.4, -0.2) is 48.0 Å². The summed E-state index contributed by atoms with van der Waals surface area (Å²) in [5.41, 5.74) is 2.46. The predicted molar refractivity (Wildman–Crippen MR) is 93.9 cm³/mol. The van der Waals surface area contributed by atoms with Gasteiger partial charge in [-0.1, -0.05) is 18.2 Å². The first-order chi connectivity index (χ1) is 11.7. The molecule has 0 unspecified atom stereocenters. The van der Waals surface area contributed by atoms with Gasteiger partial charge in [-0.05, 0) is 50.4 Å². The number of carbonyl (C=O) groups is 2. The number of amides is 3. The Balaban J connectivity index is 1.50. The lowest BCUT2D eigenvalue weighted by Gasteiger charge is -2.30. The van der Waals surface area contributed by atoms with Gasteiger partial charge in [0.15, 0.2) is 0 Å². The van der Waals surface area contributed by atoms with Gasteiger partial charge >= 0.3 is 6.03 Å². The van der Waals surface area contributed by atoms with Crippen LogP contribution >= 0.6 is 0 Å². The van der Waals surface area contributed by atoms with Crippen molar-refractivity contribution in [3.63, 3.8) is 0 Å². The molecule has 0 atom stereocenters. The van der Waals surface area contributed by atoms with Crippen LogP contribution in [0.2, 0.25) is 0 Å². The van der Waals surface area contributed by atoms with Crippen LogP contribution < -0.4 is 10.6 Å². The van der Waals surface area contributed by atoms with Crippen LogP contribution in [0, 0.1) is 0 Å². The number of para-hydroxylation sites is 1. The van der Waals surface area contributed by atoms with Crippen molar-refractivity contribution in [1.29, 1.82) is 0 Å². The Kier molecular flexibility index (Phi) is 5.15. The molecule has 1 aliphatic heterocycles. The van der Waals surface area contributed by atoms with Crippen molar-refractivity contribution in [2.75, 3.05) is 26.2 Å². The van der Waals surface area contributed by atoms with Gasteiger partial charge in [0.1, 0.15) is 0 Å². The average molecular weight is 328 g/mol. The molecule has 3 rings (SSSR count). The molecule has 0 radical (unpaired) electrons. The first kappa shape index (κ1) is 16.5. The molecule has 1 aromatic heterocycles. The molecule has 6 nitrogen and oxygen atoms in total. The number of aromatic nitrogens is 1. The number of aromatic amines is 1. The zero-order valence-electron chi connectivity index (χ0n) is 14.0. The van der Waals surface area contributed by atoms with Gasteiger partial charge in [-0.3, -0.25) is 15.0 Å². The van der Waals surface area contributed by atoms with Crippen molar-refractivity contribution >= 4 is 22.8 Å². The highest BCUT2D eigenvalue weighted by atomic mass is 16.2. The first-order valence-corrected chi connectivity index (χ1v) is 8.53. The molecule has 0 saturated carbocycles. The van der Waals surface area contributed by atoms with E-state index in [-0.39, 0.29) is 12.5 Å². The molecule has 1 saturated heterocycles. The minimum absolute atomic E-state index is 0.245. The summed E-state index contributed by atoms with van der Waals surface area (Å²) in [6.45, 7) is 4.33. The molecule has 24 heavy (non-hydrogen) atoms. The summed E-state index contributed by atoms with van der Waals surface area (Å²) >= 11 is 0. The third-order valence-electron chi connectivity index (χ3n) is 4.54. The maximum atomic E-state index is 11.8. The van der Waals surface area contributed by atoms with Crippen molar-refractivity contribution in [3.05, 3.63) is 36.0 Å². The Morgan fingerprint density at radius 2 is 2.00 bits per heavy atom. The molecule has 6 heteroatoms. The molecule has 0 aliphatic carbocycles. The third-order valence-corrected chi connectivity index (χ3v) is 4.54. The standard InChI is InChI=1S/C18H24N4O2/c1-2-19-18(24)21-17(23)12-22-9-7-13(8-10-22)16-11-14-5-3-4-6-15(14)20-16/h3-6,11,13,20H,2,7-10,12H2,1H3,(H2,19,21,23,24). The molecule has 2 heterocycles. The van der Waals surface area contributed by atoms with E-state index in [4.69, 9.17) is 0 Å². The molecule has 3 N–H and O–H groups in total. The molecule has 1 fully saturated rings. The van der Waals surface area contributed by atoms with Gasteiger partial charge in [0.05, 0.1) is 6.54 Å². The number of urea groups is 1. The quantitative estimate of drug-likeness (QED) is 0.805. The highest BCUT2D eigenvalue weighted by Gasteiger charge is 2.23. The normalized spacial score (nSPS) is 16.2. The third kappa shape index (κ3) is 3.94. The number of fused-ring (bicyclic) bond motifs is 1. The van der Waals surface area contributed by atoms with E-state index in [0.717, 1.165) is 25.9 Å². The number of imide groups is 1. The number of H-pyrrole nitrogens is 1. The smallest absolute Gasteiger partial charge is 0.321 e. The van der Waals surface area contributed by atoms with Crippen LogP contribution in [0.3, 0.4) is 0 Å². The highest BCUT2D eigenvalue weighted by molar-refractivity contribution is 5.95. The second-order valence-electron chi connectivity index (χ2n) is 6.27. The largest absolute Gasteiger partial charge is 0.358 e. The molecule has 3 amide bonds. The van der Waals surface area contributed by atoms with Crippen molar-refractivity contribution in [2.45, 2.75) is 25.7 Å². The highest BCUT2D eigenvalue weighted by Crippen LogP contribution is 2.29. The maximum absolute atomic E-state index is 11.8. The average Bonchev–Trinajstić information content (AvgIpc) is 2.99. The molecule has 1 aromatic carbocycles. The van der Waals surface area contributed by atoms with Crippen LogP contribution in [0.1, 0.15) is 31.4 Å². The SMILES string of the molecule is CCNC(=O)NC(=O)CN1CCC(c2cc3ccccc3[nH]2)CC1. The van der Waals surface area contributed by atoms with E-state index in [0.29, 0.717) is 12.5 Å². The van der Waals surface area contributed by atoms with E-state index in [1.54, 1.807) is 0 Å².